The molecule has 0 aliphatic heterocycles. The number of benzene rings is 8. The highest BCUT2D eigenvalue weighted by Crippen LogP contribution is 2.42. The molecule has 4 nitrogen and oxygen atoms in total. The van der Waals surface area contributed by atoms with Crippen molar-refractivity contribution in [1.29, 1.82) is 0 Å². The quantitative estimate of drug-likeness (QED) is 0.151. The van der Waals surface area contributed by atoms with Crippen molar-refractivity contribution in [3.05, 3.63) is 218 Å². The van der Waals surface area contributed by atoms with Gasteiger partial charge < -0.3 is 4.42 Å². The molecule has 63 heavy (non-hydrogen) atoms. The Bertz CT molecular complexity index is 3600. The fourth-order valence-corrected chi connectivity index (χ4v) is 9.21. The molecule has 0 radical (unpaired) electrons. The monoisotopic (exact) mass is 805 g/mol. The van der Waals surface area contributed by atoms with Gasteiger partial charge in [0.2, 0.25) is 0 Å². The Balaban J connectivity index is 1.11. The molecular weight excluding hydrogens is 767 g/mol. The highest BCUT2D eigenvalue weighted by Gasteiger charge is 2.19. The molecule has 3 aromatic heterocycles. The molecule has 0 atom stereocenters. The highest BCUT2D eigenvalue weighted by molar-refractivity contribution is 6.14. The zero-order chi connectivity index (χ0) is 41.7. The van der Waals surface area contributed by atoms with E-state index in [9.17, 15) is 0 Å². The second kappa shape index (κ2) is 15.4. The molecule has 8 aromatic carbocycles. The lowest BCUT2D eigenvalue weighted by atomic mass is 9.90. The molecule has 0 N–H and O–H groups in total. The molecule has 0 saturated carbocycles. The van der Waals surface area contributed by atoms with Gasteiger partial charge in [-0.15, -0.1) is 0 Å². The van der Waals surface area contributed by atoms with Crippen molar-refractivity contribution >= 4 is 49.2 Å². The summed E-state index contributed by atoms with van der Waals surface area (Å²) >= 11 is 0. The number of hydrogen-bond acceptors (Lipinski definition) is 4. The maximum atomic E-state index is 6.43. The Morgan fingerprint density at radius 1 is 0.381 bits per heavy atom. The van der Waals surface area contributed by atoms with Crippen LogP contribution in [0.3, 0.4) is 0 Å². The summed E-state index contributed by atoms with van der Waals surface area (Å²) in [5.74, 6) is 0.666. The SMILES string of the molecule is C1=CC(c2cc(-c3cc(-c4cc(-c5ccc(-c6ccccc6)cc5)nc(-c5ccccc5)n4)cc(-c4cccc5oc6ccccc6c45)c3)nc3ccc4ccccc4c23)=CCC1. The summed E-state index contributed by atoms with van der Waals surface area (Å²) in [5, 5.41) is 5.75. The van der Waals surface area contributed by atoms with Gasteiger partial charge in [-0.25, -0.2) is 15.0 Å². The molecule has 0 fully saturated rings. The van der Waals surface area contributed by atoms with Crippen LogP contribution < -0.4 is 0 Å². The first-order valence-electron chi connectivity index (χ1n) is 21.6. The number of rotatable bonds is 7. The van der Waals surface area contributed by atoms with Crippen molar-refractivity contribution in [1.82, 2.24) is 15.0 Å². The molecule has 11 aromatic rings. The van der Waals surface area contributed by atoms with E-state index in [2.05, 4.69) is 176 Å². The van der Waals surface area contributed by atoms with Crippen molar-refractivity contribution in [3.63, 3.8) is 0 Å². The smallest absolute Gasteiger partial charge is 0.160 e. The molecule has 1 aliphatic carbocycles. The van der Waals surface area contributed by atoms with Crippen LogP contribution in [0.15, 0.2) is 217 Å². The number of allylic oxidation sites excluding steroid dienone is 4. The van der Waals surface area contributed by atoms with E-state index in [1.54, 1.807) is 0 Å². The molecule has 296 valence electrons. The molecule has 0 amide bonds. The standard InChI is InChI=1S/C59H39N3O/c1-4-15-38(16-5-1)39-27-29-42(30-28-39)53-37-54(62-59(61-53)43-20-8-3-9-21-43)46-34-44(48-24-14-26-56-58(48)49-23-12-13-25-55(49)63-56)33-45(35-46)52-36-50(40-17-6-2-7-18-40)57-47-22-11-10-19-41(47)31-32-51(57)60-52/h1,3-6,8-37H,2,7H2. The third kappa shape index (κ3) is 6.70. The van der Waals surface area contributed by atoms with E-state index < -0.39 is 0 Å². The van der Waals surface area contributed by atoms with Gasteiger partial charge in [-0.3, -0.25) is 0 Å². The van der Waals surface area contributed by atoms with Crippen LogP contribution in [0.25, 0.3) is 117 Å². The van der Waals surface area contributed by atoms with E-state index in [4.69, 9.17) is 19.4 Å². The van der Waals surface area contributed by atoms with Gasteiger partial charge in [0, 0.05) is 38.4 Å². The Hall–Kier alpha value is -8.21. The van der Waals surface area contributed by atoms with Crippen LogP contribution in [0.1, 0.15) is 18.4 Å². The number of aromatic nitrogens is 3. The topological polar surface area (TPSA) is 51.8 Å². The van der Waals surface area contributed by atoms with Crippen molar-refractivity contribution in [2.24, 2.45) is 0 Å². The Morgan fingerprint density at radius 2 is 1.02 bits per heavy atom. The molecule has 1 aliphatic rings. The number of hydrogen-bond donors (Lipinski definition) is 0. The van der Waals surface area contributed by atoms with Crippen LogP contribution in [-0.2, 0) is 0 Å². The lowest BCUT2D eigenvalue weighted by Gasteiger charge is -2.17. The fraction of sp³-hybridized carbons (Fsp3) is 0.0339. The van der Waals surface area contributed by atoms with Gasteiger partial charge in [-0.1, -0.05) is 164 Å². The van der Waals surface area contributed by atoms with Gasteiger partial charge in [0.1, 0.15) is 11.2 Å². The van der Waals surface area contributed by atoms with Crippen molar-refractivity contribution in [3.8, 4) is 67.4 Å². The molecular formula is C59H39N3O. The van der Waals surface area contributed by atoms with Gasteiger partial charge in [0.05, 0.1) is 22.6 Å². The lowest BCUT2D eigenvalue weighted by Crippen LogP contribution is -1.98. The molecule has 0 bridgehead atoms. The normalized spacial score (nSPS) is 12.7. The zero-order valence-corrected chi connectivity index (χ0v) is 34.4. The molecule has 12 rings (SSSR count). The minimum atomic E-state index is 0.666. The van der Waals surface area contributed by atoms with Crippen LogP contribution >= 0.6 is 0 Å². The summed E-state index contributed by atoms with van der Waals surface area (Å²) in [7, 11) is 0. The summed E-state index contributed by atoms with van der Waals surface area (Å²) in [6, 6.07) is 68.3. The predicted octanol–water partition coefficient (Wildman–Crippen LogP) is 15.8. The van der Waals surface area contributed by atoms with E-state index in [-0.39, 0.29) is 0 Å². The van der Waals surface area contributed by atoms with Gasteiger partial charge in [-0.2, -0.15) is 0 Å². The Morgan fingerprint density at radius 3 is 1.79 bits per heavy atom. The van der Waals surface area contributed by atoms with E-state index in [0.29, 0.717) is 5.82 Å². The van der Waals surface area contributed by atoms with Crippen LogP contribution in [0.2, 0.25) is 0 Å². The first-order valence-corrected chi connectivity index (χ1v) is 21.6. The van der Waals surface area contributed by atoms with E-state index in [1.807, 2.05) is 36.4 Å². The van der Waals surface area contributed by atoms with Gasteiger partial charge in [0.25, 0.3) is 0 Å². The average molecular weight is 806 g/mol. The third-order valence-corrected chi connectivity index (χ3v) is 12.3. The molecule has 0 unspecified atom stereocenters. The van der Waals surface area contributed by atoms with Crippen LogP contribution in [0.4, 0.5) is 0 Å². The largest absolute Gasteiger partial charge is 0.456 e. The lowest BCUT2D eigenvalue weighted by molar-refractivity contribution is 0.669. The molecule has 3 heterocycles. The molecule has 0 spiro atoms. The summed E-state index contributed by atoms with van der Waals surface area (Å²) in [5.41, 5.74) is 16.1. The summed E-state index contributed by atoms with van der Waals surface area (Å²) in [6.07, 6.45) is 8.98. The number of nitrogens with zero attached hydrogens (tertiary/aromatic N) is 3. The molecule has 4 heteroatoms. The summed E-state index contributed by atoms with van der Waals surface area (Å²) in [4.78, 5) is 16.0. The Labute approximate surface area is 365 Å². The summed E-state index contributed by atoms with van der Waals surface area (Å²) in [6.45, 7) is 0. The highest BCUT2D eigenvalue weighted by atomic mass is 16.3. The second-order valence-electron chi connectivity index (χ2n) is 16.2. The number of fused-ring (bicyclic) bond motifs is 6. The molecule has 0 saturated heterocycles. The first kappa shape index (κ1) is 36.6. The van der Waals surface area contributed by atoms with E-state index >= 15 is 0 Å². The van der Waals surface area contributed by atoms with Crippen LogP contribution in [0, 0.1) is 0 Å². The maximum absolute atomic E-state index is 6.43. The van der Waals surface area contributed by atoms with Gasteiger partial charge in [0.15, 0.2) is 5.82 Å². The third-order valence-electron chi connectivity index (χ3n) is 12.3. The van der Waals surface area contributed by atoms with Crippen LogP contribution in [0.5, 0.6) is 0 Å². The van der Waals surface area contributed by atoms with E-state index in [0.717, 1.165) is 96.3 Å². The average Bonchev–Trinajstić information content (AvgIpc) is 3.76. The fourth-order valence-electron chi connectivity index (χ4n) is 9.21. The number of pyridine rings is 1. The van der Waals surface area contributed by atoms with Crippen molar-refractivity contribution in [2.45, 2.75) is 12.8 Å². The Kier molecular flexibility index (Phi) is 8.93. The minimum Gasteiger partial charge on any atom is -0.456 e. The van der Waals surface area contributed by atoms with Crippen LogP contribution in [-0.4, -0.2) is 15.0 Å². The summed E-state index contributed by atoms with van der Waals surface area (Å²) < 4.78 is 6.43. The van der Waals surface area contributed by atoms with Crippen molar-refractivity contribution in [2.75, 3.05) is 0 Å². The number of para-hydroxylation sites is 1. The maximum Gasteiger partial charge on any atom is 0.160 e. The van der Waals surface area contributed by atoms with Crippen molar-refractivity contribution < 1.29 is 4.42 Å². The predicted molar refractivity (Wildman–Crippen MR) is 261 cm³/mol. The van der Waals surface area contributed by atoms with Gasteiger partial charge in [-0.05, 0) is 106 Å². The second-order valence-corrected chi connectivity index (χ2v) is 16.2. The van der Waals surface area contributed by atoms with E-state index in [1.165, 1.54) is 32.9 Å². The zero-order valence-electron chi connectivity index (χ0n) is 34.4. The van der Waals surface area contributed by atoms with Gasteiger partial charge >= 0.3 is 0 Å². The first-order chi connectivity index (χ1) is 31.2. The minimum absolute atomic E-state index is 0.666. The number of furan rings is 1.